The van der Waals surface area contributed by atoms with Crippen LogP contribution < -0.4 is 4.72 Å². The summed E-state index contributed by atoms with van der Waals surface area (Å²) in [5, 5.41) is 15.1. The van der Waals surface area contributed by atoms with E-state index in [0.717, 1.165) is 5.69 Å². The van der Waals surface area contributed by atoms with E-state index in [1.165, 1.54) is 36.4 Å². The first-order valence-corrected chi connectivity index (χ1v) is 11.0. The van der Waals surface area contributed by atoms with E-state index in [1.807, 2.05) is 13.8 Å². The second-order valence-corrected chi connectivity index (χ2v) is 9.94. The zero-order chi connectivity index (χ0) is 22.4. The van der Waals surface area contributed by atoms with E-state index in [1.54, 1.807) is 23.0 Å². The van der Waals surface area contributed by atoms with Crippen molar-refractivity contribution in [3.63, 3.8) is 0 Å². The number of sulfonamides is 1. The smallest absolute Gasteiger partial charge is 0.269 e. The van der Waals surface area contributed by atoms with Crippen molar-refractivity contribution in [2.45, 2.75) is 31.6 Å². The molecule has 160 valence electrons. The van der Waals surface area contributed by atoms with Gasteiger partial charge in [-0.1, -0.05) is 13.8 Å². The maximum absolute atomic E-state index is 12.7. The number of fused-ring (bicyclic) bond motifs is 1. The highest BCUT2D eigenvalue weighted by molar-refractivity contribution is 7.92. The number of hydrogen-bond donors (Lipinski definition) is 1. The fraction of sp³-hybridized carbons (Fsp3) is 0.238. The van der Waals surface area contributed by atoms with Gasteiger partial charge in [-0.05, 0) is 48.2 Å². The van der Waals surface area contributed by atoms with E-state index in [0.29, 0.717) is 24.1 Å². The molecule has 1 N–H and O–H groups in total. The number of anilines is 1. The quantitative estimate of drug-likeness (QED) is 0.476. The molecule has 0 saturated carbocycles. The maximum atomic E-state index is 12.7. The minimum Gasteiger partial charge on any atom is -0.294 e. The van der Waals surface area contributed by atoms with E-state index >= 15 is 0 Å². The fourth-order valence-corrected chi connectivity index (χ4v) is 4.74. The van der Waals surface area contributed by atoms with Gasteiger partial charge in [-0.3, -0.25) is 19.6 Å². The predicted octanol–water partition coefficient (Wildman–Crippen LogP) is 3.74. The van der Waals surface area contributed by atoms with Crippen LogP contribution in [0.5, 0.6) is 0 Å². The third kappa shape index (κ3) is 4.06. The summed E-state index contributed by atoms with van der Waals surface area (Å²) in [5.41, 5.74) is 2.01. The zero-order valence-corrected chi connectivity index (χ0v) is 17.7. The van der Waals surface area contributed by atoms with Gasteiger partial charge in [-0.25, -0.2) is 13.1 Å². The minimum atomic E-state index is -3.88. The van der Waals surface area contributed by atoms with E-state index in [9.17, 15) is 23.3 Å². The Morgan fingerprint density at radius 1 is 1.06 bits per heavy atom. The average molecular weight is 440 g/mol. The molecule has 4 rings (SSSR count). The molecule has 1 aliphatic rings. The predicted molar refractivity (Wildman–Crippen MR) is 114 cm³/mol. The van der Waals surface area contributed by atoms with Crippen molar-refractivity contribution in [3.8, 4) is 5.69 Å². The minimum absolute atomic E-state index is 0.0343. The van der Waals surface area contributed by atoms with Crippen molar-refractivity contribution in [3.05, 3.63) is 76.1 Å². The SMILES string of the molecule is CC1(C)CC(=O)c2cnn(-c3ccc(S(=O)(=O)Nc4ccc([N+](=O)[O-])cc4)cc3)c2C1. The Bertz CT molecular complexity index is 1280. The highest BCUT2D eigenvalue weighted by atomic mass is 32.2. The number of hydrogen-bond acceptors (Lipinski definition) is 6. The highest BCUT2D eigenvalue weighted by Gasteiger charge is 2.34. The first-order valence-electron chi connectivity index (χ1n) is 9.54. The Morgan fingerprint density at radius 3 is 2.32 bits per heavy atom. The molecule has 1 aromatic heterocycles. The topological polar surface area (TPSA) is 124 Å². The standard InChI is InChI=1S/C21H20N4O5S/c1-21(2)11-19-18(20(26)12-21)13-22-24(19)15-7-9-17(10-8-15)31(29,30)23-14-3-5-16(6-4-14)25(27)28/h3-10,13,23H,11-12H2,1-2H3. The van der Waals surface area contributed by atoms with Crippen LogP contribution in [0, 0.1) is 15.5 Å². The molecule has 0 radical (unpaired) electrons. The van der Waals surface area contributed by atoms with Crippen molar-refractivity contribution in [2.24, 2.45) is 5.41 Å². The number of Topliss-reactive ketones (excluding diaryl/α,β-unsaturated/α-hetero) is 1. The van der Waals surface area contributed by atoms with Crippen LogP contribution in [0.3, 0.4) is 0 Å². The van der Waals surface area contributed by atoms with Crippen LogP contribution in [0.25, 0.3) is 5.69 Å². The van der Waals surface area contributed by atoms with Gasteiger partial charge in [0, 0.05) is 24.2 Å². The number of non-ortho nitro benzene ring substituents is 1. The van der Waals surface area contributed by atoms with E-state index < -0.39 is 14.9 Å². The second kappa shape index (κ2) is 7.31. The molecule has 9 nitrogen and oxygen atoms in total. The van der Waals surface area contributed by atoms with Crippen LogP contribution in [0.15, 0.2) is 59.6 Å². The zero-order valence-electron chi connectivity index (χ0n) is 16.9. The van der Waals surface area contributed by atoms with Crippen LogP contribution in [-0.4, -0.2) is 28.9 Å². The number of nitro benzene ring substituents is 1. The van der Waals surface area contributed by atoms with Gasteiger partial charge in [-0.2, -0.15) is 5.10 Å². The summed E-state index contributed by atoms with van der Waals surface area (Å²) in [4.78, 5) is 22.6. The van der Waals surface area contributed by atoms with Gasteiger partial charge in [0.05, 0.1) is 33.0 Å². The Morgan fingerprint density at radius 2 is 1.71 bits per heavy atom. The van der Waals surface area contributed by atoms with Crippen molar-refractivity contribution in [2.75, 3.05) is 4.72 Å². The molecule has 0 aliphatic heterocycles. The number of ketones is 1. The van der Waals surface area contributed by atoms with Gasteiger partial charge < -0.3 is 0 Å². The van der Waals surface area contributed by atoms with Crippen molar-refractivity contribution < 1.29 is 18.1 Å². The van der Waals surface area contributed by atoms with Crippen LogP contribution in [0.4, 0.5) is 11.4 Å². The lowest BCUT2D eigenvalue weighted by molar-refractivity contribution is -0.384. The second-order valence-electron chi connectivity index (χ2n) is 8.26. The summed E-state index contributed by atoms with van der Waals surface area (Å²) in [6.07, 6.45) is 2.72. The van der Waals surface area contributed by atoms with Gasteiger partial charge in [0.1, 0.15) is 0 Å². The Labute approximate surface area is 178 Å². The summed E-state index contributed by atoms with van der Waals surface area (Å²) < 4.78 is 29.4. The average Bonchev–Trinajstić information content (AvgIpc) is 3.11. The van der Waals surface area contributed by atoms with Gasteiger partial charge in [0.15, 0.2) is 5.78 Å². The highest BCUT2D eigenvalue weighted by Crippen LogP contribution is 2.35. The molecule has 1 heterocycles. The lowest BCUT2D eigenvalue weighted by atomic mass is 9.76. The monoisotopic (exact) mass is 440 g/mol. The normalized spacial score (nSPS) is 15.4. The maximum Gasteiger partial charge on any atom is 0.269 e. The van der Waals surface area contributed by atoms with Crippen LogP contribution in [0.2, 0.25) is 0 Å². The molecule has 1 aliphatic carbocycles. The van der Waals surface area contributed by atoms with Gasteiger partial charge in [0.2, 0.25) is 0 Å². The number of aromatic nitrogens is 2. The molecule has 31 heavy (non-hydrogen) atoms. The Balaban J connectivity index is 1.59. The molecule has 10 heteroatoms. The van der Waals surface area contributed by atoms with Gasteiger partial charge >= 0.3 is 0 Å². The molecule has 3 aromatic rings. The van der Waals surface area contributed by atoms with Crippen LogP contribution in [0.1, 0.15) is 36.3 Å². The third-order valence-electron chi connectivity index (χ3n) is 5.18. The molecule has 0 saturated heterocycles. The number of carbonyl (C=O) groups excluding carboxylic acids is 1. The third-order valence-corrected chi connectivity index (χ3v) is 6.57. The number of nitrogens with one attached hydrogen (secondary N) is 1. The van der Waals surface area contributed by atoms with Gasteiger partial charge in [-0.15, -0.1) is 0 Å². The number of rotatable bonds is 5. The lowest BCUT2D eigenvalue weighted by Gasteiger charge is -2.28. The number of nitro groups is 1. The summed E-state index contributed by atoms with van der Waals surface area (Å²) >= 11 is 0. The molecule has 0 spiro atoms. The van der Waals surface area contributed by atoms with Gasteiger partial charge in [0.25, 0.3) is 15.7 Å². The molecule has 0 unspecified atom stereocenters. The Hall–Kier alpha value is -3.53. The van der Waals surface area contributed by atoms with Crippen molar-refractivity contribution in [1.29, 1.82) is 0 Å². The summed E-state index contributed by atoms with van der Waals surface area (Å²) in [6, 6.07) is 11.3. The molecular formula is C21H20N4O5S. The molecule has 0 bridgehead atoms. The summed E-state index contributed by atoms with van der Waals surface area (Å²) in [5.74, 6) is 0.0593. The first-order chi connectivity index (χ1) is 14.6. The van der Waals surface area contributed by atoms with E-state index in [-0.39, 0.29) is 27.5 Å². The first kappa shape index (κ1) is 20.7. The number of benzene rings is 2. The number of nitrogens with zero attached hydrogens (tertiary/aromatic N) is 3. The van der Waals surface area contributed by atoms with E-state index in [4.69, 9.17) is 0 Å². The van der Waals surface area contributed by atoms with E-state index in [2.05, 4.69) is 9.82 Å². The van der Waals surface area contributed by atoms with Crippen molar-refractivity contribution in [1.82, 2.24) is 9.78 Å². The number of carbonyl (C=O) groups is 1. The summed E-state index contributed by atoms with van der Waals surface area (Å²) in [6.45, 7) is 4.06. The molecular weight excluding hydrogens is 420 g/mol. The summed E-state index contributed by atoms with van der Waals surface area (Å²) in [7, 11) is -3.88. The molecule has 0 fully saturated rings. The lowest BCUT2D eigenvalue weighted by Crippen LogP contribution is -2.27. The fourth-order valence-electron chi connectivity index (χ4n) is 3.68. The molecule has 2 aromatic carbocycles. The largest absolute Gasteiger partial charge is 0.294 e. The molecule has 0 atom stereocenters. The van der Waals surface area contributed by atoms with Crippen LogP contribution in [-0.2, 0) is 16.4 Å². The van der Waals surface area contributed by atoms with Crippen LogP contribution >= 0.6 is 0 Å². The Kier molecular flexibility index (Phi) is 4.89. The van der Waals surface area contributed by atoms with Crippen molar-refractivity contribution >= 4 is 27.2 Å². The molecule has 0 amide bonds.